The summed E-state index contributed by atoms with van der Waals surface area (Å²) >= 11 is 3.07. The van der Waals surface area contributed by atoms with Crippen LogP contribution < -0.4 is 0 Å². The number of hydrogen-bond acceptors (Lipinski definition) is 4. The van der Waals surface area contributed by atoms with E-state index in [2.05, 4.69) is 36.3 Å². The number of hydrogen-bond donors (Lipinski definition) is 0. The molecule has 0 aliphatic carbocycles. The van der Waals surface area contributed by atoms with E-state index in [0.29, 0.717) is 10.6 Å². The highest BCUT2D eigenvalue weighted by Crippen LogP contribution is 2.11. The fraction of sp³-hybridized carbons (Fsp3) is 0. The first kappa shape index (κ1) is 8.25. The van der Waals surface area contributed by atoms with Gasteiger partial charge in [-0.3, -0.25) is 0 Å². The molecule has 4 nitrogen and oxygen atoms in total. The molecule has 0 saturated heterocycles. The third-order valence-electron chi connectivity index (χ3n) is 1.49. The summed E-state index contributed by atoms with van der Waals surface area (Å²) in [7, 11) is 0. The molecule has 1 heterocycles. The Morgan fingerprint density at radius 3 is 2.08 bits per heavy atom. The molecule has 2 aromatic rings. The fourth-order valence-electron chi connectivity index (χ4n) is 0.920. The Balaban J connectivity index is 2.42. The van der Waals surface area contributed by atoms with Crippen molar-refractivity contribution in [1.82, 2.24) is 20.4 Å². The SMILES string of the molecule is Brc1nnc(-c2ccccc2)nn1. The average molecular weight is 237 g/mol. The Kier molecular flexibility index (Phi) is 2.27. The Bertz CT molecular complexity index is 387. The van der Waals surface area contributed by atoms with Gasteiger partial charge >= 0.3 is 0 Å². The predicted molar refractivity (Wildman–Crippen MR) is 50.8 cm³/mol. The Labute approximate surface area is 83.2 Å². The fourth-order valence-corrected chi connectivity index (χ4v) is 1.08. The topological polar surface area (TPSA) is 51.6 Å². The van der Waals surface area contributed by atoms with Gasteiger partial charge in [0.05, 0.1) is 0 Å². The molecule has 64 valence electrons. The number of nitrogens with zero attached hydrogens (tertiary/aromatic N) is 4. The first-order valence-corrected chi connectivity index (χ1v) is 4.44. The van der Waals surface area contributed by atoms with E-state index in [4.69, 9.17) is 0 Å². The molecule has 0 amide bonds. The lowest BCUT2D eigenvalue weighted by Gasteiger charge is -1.95. The van der Waals surface area contributed by atoms with Gasteiger partial charge in [-0.05, 0) is 15.9 Å². The molecule has 0 aliphatic heterocycles. The molecule has 1 aromatic carbocycles. The summed E-state index contributed by atoms with van der Waals surface area (Å²) in [5.74, 6) is 0.531. The molecule has 0 radical (unpaired) electrons. The molecule has 0 spiro atoms. The first-order valence-electron chi connectivity index (χ1n) is 3.64. The van der Waals surface area contributed by atoms with Crippen LogP contribution in [0.15, 0.2) is 35.1 Å². The summed E-state index contributed by atoms with van der Waals surface area (Å²) in [4.78, 5) is 0. The van der Waals surface area contributed by atoms with Crippen molar-refractivity contribution in [2.75, 3.05) is 0 Å². The van der Waals surface area contributed by atoms with Crippen molar-refractivity contribution in [2.24, 2.45) is 0 Å². The van der Waals surface area contributed by atoms with Crippen molar-refractivity contribution in [3.8, 4) is 11.4 Å². The number of rotatable bonds is 1. The van der Waals surface area contributed by atoms with Crippen LogP contribution in [0.25, 0.3) is 11.4 Å². The lowest BCUT2D eigenvalue weighted by Crippen LogP contribution is -1.95. The summed E-state index contributed by atoms with van der Waals surface area (Å²) in [6, 6.07) is 9.59. The molecule has 2 rings (SSSR count). The number of halogens is 1. The Hall–Kier alpha value is -1.36. The molecule has 0 aliphatic rings. The minimum atomic E-state index is 0.396. The lowest BCUT2D eigenvalue weighted by atomic mass is 10.2. The predicted octanol–water partition coefficient (Wildman–Crippen LogP) is 1.70. The van der Waals surface area contributed by atoms with E-state index in [9.17, 15) is 0 Å². The highest BCUT2D eigenvalue weighted by molar-refractivity contribution is 9.10. The van der Waals surface area contributed by atoms with Crippen molar-refractivity contribution in [3.63, 3.8) is 0 Å². The van der Waals surface area contributed by atoms with Gasteiger partial charge in [0.15, 0.2) is 0 Å². The largest absolute Gasteiger partial charge is 0.238 e. The third kappa shape index (κ3) is 1.86. The van der Waals surface area contributed by atoms with Gasteiger partial charge in [-0.15, -0.1) is 20.4 Å². The highest BCUT2D eigenvalue weighted by atomic mass is 79.9. The summed E-state index contributed by atoms with van der Waals surface area (Å²) in [5, 5.41) is 15.3. The average Bonchev–Trinajstić information content (AvgIpc) is 2.20. The Morgan fingerprint density at radius 2 is 1.46 bits per heavy atom. The van der Waals surface area contributed by atoms with E-state index in [1.807, 2.05) is 30.3 Å². The zero-order valence-corrected chi connectivity index (χ0v) is 8.14. The van der Waals surface area contributed by atoms with Crippen LogP contribution in [0.5, 0.6) is 0 Å². The van der Waals surface area contributed by atoms with Crippen molar-refractivity contribution in [2.45, 2.75) is 0 Å². The molecule has 0 bridgehead atoms. The minimum absolute atomic E-state index is 0.396. The lowest BCUT2D eigenvalue weighted by molar-refractivity contribution is 0.835. The Morgan fingerprint density at radius 1 is 0.846 bits per heavy atom. The van der Waals surface area contributed by atoms with E-state index in [1.165, 1.54) is 0 Å². The van der Waals surface area contributed by atoms with Gasteiger partial charge in [0.2, 0.25) is 10.6 Å². The standard InChI is InChI=1S/C8H5BrN4/c9-8-12-10-7(11-13-8)6-4-2-1-3-5-6/h1-5H. The van der Waals surface area contributed by atoms with Gasteiger partial charge in [0, 0.05) is 5.56 Å². The minimum Gasteiger partial charge on any atom is -0.125 e. The molecule has 0 fully saturated rings. The summed E-state index contributed by atoms with van der Waals surface area (Å²) in [5.41, 5.74) is 0.912. The van der Waals surface area contributed by atoms with Gasteiger partial charge < -0.3 is 0 Å². The van der Waals surface area contributed by atoms with Crippen LogP contribution in [-0.4, -0.2) is 20.4 Å². The smallest absolute Gasteiger partial charge is 0.125 e. The number of aromatic nitrogens is 4. The van der Waals surface area contributed by atoms with E-state index >= 15 is 0 Å². The van der Waals surface area contributed by atoms with Crippen LogP contribution in [0.3, 0.4) is 0 Å². The molecule has 1 aromatic heterocycles. The van der Waals surface area contributed by atoms with E-state index < -0.39 is 0 Å². The van der Waals surface area contributed by atoms with Crippen LogP contribution in [0, 0.1) is 0 Å². The zero-order chi connectivity index (χ0) is 9.10. The quantitative estimate of drug-likeness (QED) is 0.757. The molecule has 5 heteroatoms. The molecule has 0 saturated carbocycles. The van der Waals surface area contributed by atoms with Crippen LogP contribution in [-0.2, 0) is 0 Å². The summed E-state index contributed by atoms with van der Waals surface area (Å²) < 4.78 is 0.396. The van der Waals surface area contributed by atoms with Gasteiger partial charge in [-0.1, -0.05) is 30.3 Å². The van der Waals surface area contributed by atoms with Crippen LogP contribution in [0.4, 0.5) is 0 Å². The second-order valence-corrected chi connectivity index (χ2v) is 3.07. The monoisotopic (exact) mass is 236 g/mol. The van der Waals surface area contributed by atoms with Gasteiger partial charge in [0.1, 0.15) is 0 Å². The van der Waals surface area contributed by atoms with Crippen molar-refractivity contribution < 1.29 is 0 Å². The van der Waals surface area contributed by atoms with Crippen molar-refractivity contribution in [1.29, 1.82) is 0 Å². The van der Waals surface area contributed by atoms with E-state index in [-0.39, 0.29) is 0 Å². The maximum absolute atomic E-state index is 3.88. The summed E-state index contributed by atoms with van der Waals surface area (Å²) in [6.07, 6.45) is 0. The highest BCUT2D eigenvalue weighted by Gasteiger charge is 2.00. The van der Waals surface area contributed by atoms with Crippen LogP contribution in [0.1, 0.15) is 0 Å². The third-order valence-corrected chi connectivity index (χ3v) is 1.80. The van der Waals surface area contributed by atoms with Gasteiger partial charge in [-0.25, -0.2) is 0 Å². The van der Waals surface area contributed by atoms with Crippen LogP contribution >= 0.6 is 15.9 Å². The maximum Gasteiger partial charge on any atom is 0.238 e. The van der Waals surface area contributed by atoms with Gasteiger partial charge in [0.25, 0.3) is 0 Å². The van der Waals surface area contributed by atoms with E-state index in [1.54, 1.807) is 0 Å². The maximum atomic E-state index is 3.88. The van der Waals surface area contributed by atoms with Gasteiger partial charge in [-0.2, -0.15) is 0 Å². The van der Waals surface area contributed by atoms with Crippen LogP contribution in [0.2, 0.25) is 0 Å². The molecule has 0 N–H and O–H groups in total. The van der Waals surface area contributed by atoms with Crippen molar-refractivity contribution in [3.05, 3.63) is 35.1 Å². The summed E-state index contributed by atoms with van der Waals surface area (Å²) in [6.45, 7) is 0. The zero-order valence-electron chi connectivity index (χ0n) is 6.55. The molecular formula is C8H5BrN4. The second kappa shape index (κ2) is 3.57. The molecule has 0 unspecified atom stereocenters. The van der Waals surface area contributed by atoms with Crippen molar-refractivity contribution >= 4 is 15.9 Å². The number of benzene rings is 1. The normalized spacial score (nSPS) is 9.92. The second-order valence-electron chi connectivity index (χ2n) is 2.36. The molecular weight excluding hydrogens is 232 g/mol. The molecule has 13 heavy (non-hydrogen) atoms. The van der Waals surface area contributed by atoms with E-state index in [0.717, 1.165) is 5.56 Å². The molecule has 0 atom stereocenters. The first-order chi connectivity index (χ1) is 6.36.